The number of thiophene rings is 1. The Balaban J connectivity index is 2.78. The van der Waals surface area contributed by atoms with Crippen LogP contribution in [-0.2, 0) is 10.0 Å². The fraction of sp³-hybridized carbons (Fsp3) is 0.556. The van der Waals surface area contributed by atoms with Crippen LogP contribution in [0.3, 0.4) is 0 Å². The van der Waals surface area contributed by atoms with Gasteiger partial charge in [0.05, 0.1) is 4.34 Å². The van der Waals surface area contributed by atoms with Crippen LogP contribution in [0.5, 0.6) is 0 Å². The topological polar surface area (TPSA) is 72.2 Å². The summed E-state index contributed by atoms with van der Waals surface area (Å²) in [4.78, 5) is 0. The summed E-state index contributed by atoms with van der Waals surface area (Å²) in [6.07, 6.45) is 1.62. The van der Waals surface area contributed by atoms with E-state index in [9.17, 15) is 8.42 Å². The SMILES string of the molecule is CCCC(CN)NS(=O)(=O)c1ccc(Cl)s1. The van der Waals surface area contributed by atoms with E-state index in [0.29, 0.717) is 10.9 Å². The molecule has 0 fully saturated rings. The van der Waals surface area contributed by atoms with Gasteiger partial charge in [-0.15, -0.1) is 11.3 Å². The van der Waals surface area contributed by atoms with E-state index in [1.807, 2.05) is 6.92 Å². The third-order valence-electron chi connectivity index (χ3n) is 2.06. The maximum atomic E-state index is 11.9. The quantitative estimate of drug-likeness (QED) is 0.836. The number of hydrogen-bond acceptors (Lipinski definition) is 4. The molecule has 0 radical (unpaired) electrons. The van der Waals surface area contributed by atoms with Crippen LogP contribution < -0.4 is 10.5 Å². The summed E-state index contributed by atoms with van der Waals surface area (Å²) in [6.45, 7) is 2.28. The average molecular weight is 283 g/mol. The Bertz CT molecular complexity index is 430. The lowest BCUT2D eigenvalue weighted by molar-refractivity contribution is 0.528. The monoisotopic (exact) mass is 282 g/mol. The first-order valence-electron chi connectivity index (χ1n) is 4.97. The molecule has 0 spiro atoms. The summed E-state index contributed by atoms with van der Waals surface area (Å²) < 4.78 is 27.0. The van der Waals surface area contributed by atoms with Crippen molar-refractivity contribution in [2.75, 3.05) is 6.54 Å². The molecule has 1 heterocycles. The van der Waals surface area contributed by atoms with Gasteiger partial charge >= 0.3 is 0 Å². The fourth-order valence-electron chi connectivity index (χ4n) is 1.29. The number of nitrogens with one attached hydrogen (secondary N) is 1. The smallest absolute Gasteiger partial charge is 0.250 e. The molecule has 0 aromatic carbocycles. The van der Waals surface area contributed by atoms with Gasteiger partial charge in [0.25, 0.3) is 0 Å². The molecule has 0 aliphatic heterocycles. The molecule has 0 aliphatic rings. The summed E-state index contributed by atoms with van der Waals surface area (Å²) >= 11 is 6.74. The van der Waals surface area contributed by atoms with Crippen LogP contribution >= 0.6 is 22.9 Å². The molecule has 1 unspecified atom stereocenters. The zero-order chi connectivity index (χ0) is 12.2. The molecule has 0 amide bonds. The molecule has 1 atom stereocenters. The van der Waals surface area contributed by atoms with Crippen molar-refractivity contribution in [3.8, 4) is 0 Å². The average Bonchev–Trinajstić information content (AvgIpc) is 2.64. The van der Waals surface area contributed by atoms with Crippen molar-refractivity contribution in [2.24, 2.45) is 5.73 Å². The second-order valence-corrected chi connectivity index (χ2v) is 7.06. The third kappa shape index (κ3) is 3.71. The minimum atomic E-state index is -3.47. The number of halogens is 1. The summed E-state index contributed by atoms with van der Waals surface area (Å²) in [5.41, 5.74) is 5.50. The highest BCUT2D eigenvalue weighted by Crippen LogP contribution is 2.25. The molecule has 0 bridgehead atoms. The molecule has 4 nitrogen and oxygen atoms in total. The first-order chi connectivity index (χ1) is 7.49. The van der Waals surface area contributed by atoms with E-state index in [-0.39, 0.29) is 10.3 Å². The van der Waals surface area contributed by atoms with Crippen molar-refractivity contribution in [3.63, 3.8) is 0 Å². The van der Waals surface area contributed by atoms with Crippen LogP contribution in [0.2, 0.25) is 4.34 Å². The highest BCUT2D eigenvalue weighted by atomic mass is 35.5. The lowest BCUT2D eigenvalue weighted by Crippen LogP contribution is -2.39. The van der Waals surface area contributed by atoms with Crippen molar-refractivity contribution in [1.29, 1.82) is 0 Å². The molecule has 0 aliphatic carbocycles. The largest absolute Gasteiger partial charge is 0.329 e. The van der Waals surface area contributed by atoms with Crippen LogP contribution in [0.4, 0.5) is 0 Å². The zero-order valence-corrected chi connectivity index (χ0v) is 11.3. The number of nitrogens with two attached hydrogens (primary N) is 1. The second kappa shape index (κ2) is 5.97. The molecular formula is C9H15ClN2O2S2. The van der Waals surface area contributed by atoms with E-state index in [1.165, 1.54) is 6.07 Å². The van der Waals surface area contributed by atoms with Gasteiger partial charge in [0.15, 0.2) is 0 Å². The Labute approximate surface area is 105 Å². The highest BCUT2D eigenvalue weighted by molar-refractivity contribution is 7.91. The van der Waals surface area contributed by atoms with Crippen LogP contribution in [0.25, 0.3) is 0 Å². The van der Waals surface area contributed by atoms with Crippen molar-refractivity contribution >= 4 is 33.0 Å². The summed E-state index contributed by atoms with van der Waals surface area (Å²) in [7, 11) is -3.47. The predicted molar refractivity (Wildman–Crippen MR) is 67.4 cm³/mol. The fourth-order valence-corrected chi connectivity index (χ4v) is 4.08. The molecule has 3 N–H and O–H groups in total. The van der Waals surface area contributed by atoms with Gasteiger partial charge < -0.3 is 5.73 Å². The van der Waals surface area contributed by atoms with Gasteiger partial charge in [0.1, 0.15) is 4.21 Å². The van der Waals surface area contributed by atoms with Crippen LogP contribution in [-0.4, -0.2) is 21.0 Å². The molecule has 16 heavy (non-hydrogen) atoms. The van der Waals surface area contributed by atoms with Crippen molar-refractivity contribution < 1.29 is 8.42 Å². The van der Waals surface area contributed by atoms with E-state index in [2.05, 4.69) is 4.72 Å². The number of sulfonamides is 1. The Morgan fingerprint density at radius 3 is 2.69 bits per heavy atom. The van der Waals surface area contributed by atoms with Gasteiger partial charge in [0, 0.05) is 12.6 Å². The van der Waals surface area contributed by atoms with E-state index >= 15 is 0 Å². The van der Waals surface area contributed by atoms with Gasteiger partial charge in [-0.25, -0.2) is 13.1 Å². The van der Waals surface area contributed by atoms with Gasteiger partial charge in [0.2, 0.25) is 10.0 Å². The molecule has 0 saturated carbocycles. The number of hydrogen-bond donors (Lipinski definition) is 2. The van der Waals surface area contributed by atoms with Gasteiger partial charge in [-0.05, 0) is 18.6 Å². The van der Waals surface area contributed by atoms with Gasteiger partial charge in [-0.3, -0.25) is 0 Å². The van der Waals surface area contributed by atoms with Crippen LogP contribution in [0.1, 0.15) is 19.8 Å². The van der Waals surface area contributed by atoms with E-state index in [1.54, 1.807) is 6.07 Å². The highest BCUT2D eigenvalue weighted by Gasteiger charge is 2.20. The first-order valence-corrected chi connectivity index (χ1v) is 7.65. The van der Waals surface area contributed by atoms with Crippen molar-refractivity contribution in [3.05, 3.63) is 16.5 Å². The van der Waals surface area contributed by atoms with E-state index < -0.39 is 10.0 Å². The van der Waals surface area contributed by atoms with Gasteiger partial charge in [-0.2, -0.15) is 0 Å². The lowest BCUT2D eigenvalue weighted by atomic mass is 10.2. The zero-order valence-electron chi connectivity index (χ0n) is 8.94. The second-order valence-electron chi connectivity index (χ2n) is 3.40. The van der Waals surface area contributed by atoms with Crippen LogP contribution in [0, 0.1) is 0 Å². The first kappa shape index (κ1) is 13.9. The van der Waals surface area contributed by atoms with Crippen molar-refractivity contribution in [2.45, 2.75) is 30.0 Å². The Morgan fingerprint density at radius 1 is 1.56 bits per heavy atom. The molecule has 1 aromatic heterocycles. The Kier molecular flexibility index (Phi) is 5.20. The maximum absolute atomic E-state index is 11.9. The Morgan fingerprint density at radius 2 is 2.25 bits per heavy atom. The molecule has 1 aromatic rings. The minimum absolute atomic E-state index is 0.212. The molecule has 0 saturated heterocycles. The van der Waals surface area contributed by atoms with Crippen LogP contribution in [0.15, 0.2) is 16.3 Å². The number of rotatable bonds is 6. The third-order valence-corrected chi connectivity index (χ3v) is 5.30. The lowest BCUT2D eigenvalue weighted by Gasteiger charge is -2.14. The maximum Gasteiger partial charge on any atom is 0.250 e. The predicted octanol–water partition coefficient (Wildman–Crippen LogP) is 1.81. The molecule has 1 rings (SSSR count). The van der Waals surface area contributed by atoms with Crippen molar-refractivity contribution in [1.82, 2.24) is 4.72 Å². The normalized spacial score (nSPS) is 13.9. The Hall–Kier alpha value is -0.140. The molecular weight excluding hydrogens is 268 g/mol. The minimum Gasteiger partial charge on any atom is -0.329 e. The summed E-state index contributed by atoms with van der Waals surface area (Å²) in [6, 6.07) is 2.85. The molecule has 7 heteroatoms. The standard InChI is InChI=1S/C9H15ClN2O2S2/c1-2-3-7(6-11)12-16(13,14)9-5-4-8(10)15-9/h4-5,7,12H,2-3,6,11H2,1H3. The van der Waals surface area contributed by atoms with E-state index in [4.69, 9.17) is 17.3 Å². The van der Waals surface area contributed by atoms with E-state index in [0.717, 1.165) is 24.2 Å². The summed E-state index contributed by atoms with van der Waals surface area (Å²) in [5.74, 6) is 0. The summed E-state index contributed by atoms with van der Waals surface area (Å²) in [5, 5.41) is 0. The van der Waals surface area contributed by atoms with Gasteiger partial charge in [-0.1, -0.05) is 24.9 Å². The molecule has 92 valence electrons.